The standard InChI is InChI=1S/C17H27N3O4/c1-17(2,3)24-16(21)20-7-5-6-19(8-9-20)14-10-15(12-18-11-14)23-13-22-4/h10-12H,5-9,13H2,1-4H3. The number of carbonyl (C=O) groups excluding carboxylic acids is 1. The van der Waals surface area contributed by atoms with E-state index in [9.17, 15) is 4.79 Å². The van der Waals surface area contributed by atoms with Gasteiger partial charge in [-0.2, -0.15) is 0 Å². The molecule has 1 aromatic rings. The van der Waals surface area contributed by atoms with Gasteiger partial charge < -0.3 is 24.0 Å². The molecule has 2 rings (SSSR count). The minimum atomic E-state index is -0.472. The Morgan fingerprint density at radius 1 is 1.21 bits per heavy atom. The Kier molecular flexibility index (Phi) is 6.25. The lowest BCUT2D eigenvalue weighted by atomic mass is 10.2. The normalized spacial score (nSPS) is 15.8. The molecule has 2 heterocycles. The monoisotopic (exact) mass is 337 g/mol. The first-order valence-electron chi connectivity index (χ1n) is 8.19. The summed E-state index contributed by atoms with van der Waals surface area (Å²) in [5.41, 5.74) is 0.509. The molecule has 0 atom stereocenters. The fraction of sp³-hybridized carbons (Fsp3) is 0.647. The summed E-state index contributed by atoms with van der Waals surface area (Å²) in [5.74, 6) is 0.669. The van der Waals surface area contributed by atoms with Gasteiger partial charge in [0.1, 0.15) is 11.4 Å². The minimum absolute atomic E-state index is 0.192. The van der Waals surface area contributed by atoms with Crippen LogP contribution in [0.25, 0.3) is 0 Å². The van der Waals surface area contributed by atoms with E-state index in [2.05, 4.69) is 9.88 Å². The van der Waals surface area contributed by atoms with Crippen LogP contribution in [0.1, 0.15) is 27.2 Å². The van der Waals surface area contributed by atoms with E-state index in [1.165, 1.54) is 0 Å². The summed E-state index contributed by atoms with van der Waals surface area (Å²) in [7, 11) is 1.58. The summed E-state index contributed by atoms with van der Waals surface area (Å²) in [6, 6.07) is 1.94. The molecule has 1 amide bonds. The maximum atomic E-state index is 12.2. The number of anilines is 1. The lowest BCUT2D eigenvalue weighted by molar-refractivity contribution is 0.0263. The van der Waals surface area contributed by atoms with Crippen molar-refractivity contribution in [3.63, 3.8) is 0 Å². The van der Waals surface area contributed by atoms with E-state index >= 15 is 0 Å². The van der Waals surface area contributed by atoms with Gasteiger partial charge in [0.05, 0.1) is 18.1 Å². The summed E-state index contributed by atoms with van der Waals surface area (Å²) >= 11 is 0. The second-order valence-electron chi connectivity index (χ2n) is 6.74. The highest BCUT2D eigenvalue weighted by Gasteiger charge is 2.24. The molecule has 0 spiro atoms. The van der Waals surface area contributed by atoms with E-state index in [-0.39, 0.29) is 12.9 Å². The summed E-state index contributed by atoms with van der Waals surface area (Å²) < 4.78 is 15.8. The second-order valence-corrected chi connectivity index (χ2v) is 6.74. The average Bonchev–Trinajstić information content (AvgIpc) is 2.78. The third-order valence-electron chi connectivity index (χ3n) is 3.55. The van der Waals surface area contributed by atoms with Crippen LogP contribution >= 0.6 is 0 Å². The van der Waals surface area contributed by atoms with Crippen LogP contribution in [-0.4, -0.2) is 61.7 Å². The van der Waals surface area contributed by atoms with Crippen LogP contribution in [0.15, 0.2) is 18.5 Å². The lowest BCUT2D eigenvalue weighted by Crippen LogP contribution is -2.39. The molecule has 0 aliphatic carbocycles. The molecule has 0 unspecified atom stereocenters. The van der Waals surface area contributed by atoms with Gasteiger partial charge in [0.2, 0.25) is 0 Å². The number of pyridine rings is 1. The van der Waals surface area contributed by atoms with Crippen LogP contribution < -0.4 is 9.64 Å². The summed E-state index contributed by atoms with van der Waals surface area (Å²) in [6.45, 7) is 8.74. The predicted molar refractivity (Wildman–Crippen MR) is 91.4 cm³/mol. The fourth-order valence-electron chi connectivity index (χ4n) is 2.47. The first-order chi connectivity index (χ1) is 11.4. The zero-order chi connectivity index (χ0) is 17.6. The molecule has 7 heteroatoms. The molecule has 0 radical (unpaired) electrons. The summed E-state index contributed by atoms with van der Waals surface area (Å²) in [5, 5.41) is 0. The summed E-state index contributed by atoms with van der Waals surface area (Å²) in [6.07, 6.45) is 4.10. The van der Waals surface area contributed by atoms with E-state index in [1.54, 1.807) is 18.2 Å². The molecule has 0 bridgehead atoms. The molecule has 134 valence electrons. The Hall–Kier alpha value is -2.02. The van der Waals surface area contributed by atoms with Crippen molar-refractivity contribution in [1.29, 1.82) is 0 Å². The van der Waals surface area contributed by atoms with Gasteiger partial charge >= 0.3 is 6.09 Å². The molecular formula is C17H27N3O4. The fourth-order valence-corrected chi connectivity index (χ4v) is 2.47. The highest BCUT2D eigenvalue weighted by molar-refractivity contribution is 5.68. The minimum Gasteiger partial charge on any atom is -0.466 e. The SMILES string of the molecule is COCOc1cncc(N2CCCN(C(=O)OC(C)(C)C)CC2)c1. The molecule has 0 N–H and O–H groups in total. The van der Waals surface area contributed by atoms with Crippen LogP contribution in [0.3, 0.4) is 0 Å². The first kappa shape index (κ1) is 18.3. The van der Waals surface area contributed by atoms with E-state index in [1.807, 2.05) is 33.0 Å². The van der Waals surface area contributed by atoms with Crippen LogP contribution in [0.2, 0.25) is 0 Å². The van der Waals surface area contributed by atoms with Crippen molar-refractivity contribution in [3.8, 4) is 5.75 Å². The van der Waals surface area contributed by atoms with Gasteiger partial charge in [-0.05, 0) is 27.2 Å². The van der Waals surface area contributed by atoms with Gasteiger partial charge in [-0.25, -0.2) is 4.79 Å². The van der Waals surface area contributed by atoms with Gasteiger partial charge in [-0.15, -0.1) is 0 Å². The average molecular weight is 337 g/mol. The molecular weight excluding hydrogens is 310 g/mol. The molecule has 1 fully saturated rings. The lowest BCUT2D eigenvalue weighted by Gasteiger charge is -2.27. The number of hydrogen-bond donors (Lipinski definition) is 0. The molecule has 7 nitrogen and oxygen atoms in total. The zero-order valence-electron chi connectivity index (χ0n) is 14.9. The Morgan fingerprint density at radius 3 is 2.71 bits per heavy atom. The quantitative estimate of drug-likeness (QED) is 0.787. The number of ether oxygens (including phenoxy) is 3. The molecule has 0 saturated carbocycles. The summed E-state index contributed by atoms with van der Waals surface area (Å²) in [4.78, 5) is 20.4. The van der Waals surface area contributed by atoms with Crippen molar-refractivity contribution < 1.29 is 19.0 Å². The van der Waals surface area contributed by atoms with Gasteiger partial charge in [-0.1, -0.05) is 0 Å². The van der Waals surface area contributed by atoms with Crippen molar-refractivity contribution in [1.82, 2.24) is 9.88 Å². The number of aromatic nitrogens is 1. The number of nitrogens with zero attached hydrogens (tertiary/aromatic N) is 3. The Bertz CT molecular complexity index is 545. The number of hydrogen-bond acceptors (Lipinski definition) is 6. The number of amides is 1. The molecule has 1 aromatic heterocycles. The smallest absolute Gasteiger partial charge is 0.410 e. The van der Waals surface area contributed by atoms with E-state index in [4.69, 9.17) is 14.2 Å². The molecule has 1 aliphatic rings. The van der Waals surface area contributed by atoms with Gasteiger partial charge in [0.25, 0.3) is 0 Å². The van der Waals surface area contributed by atoms with Crippen LogP contribution in [0.5, 0.6) is 5.75 Å². The number of methoxy groups -OCH3 is 1. The van der Waals surface area contributed by atoms with Crippen LogP contribution in [0.4, 0.5) is 10.5 Å². The second kappa shape index (κ2) is 8.19. The van der Waals surface area contributed by atoms with Crippen LogP contribution in [-0.2, 0) is 9.47 Å². The molecule has 0 aromatic carbocycles. The molecule has 1 saturated heterocycles. The van der Waals surface area contributed by atoms with Crippen molar-refractivity contribution >= 4 is 11.8 Å². The van der Waals surface area contributed by atoms with Crippen molar-refractivity contribution in [3.05, 3.63) is 18.5 Å². The molecule has 1 aliphatic heterocycles. The van der Waals surface area contributed by atoms with Gasteiger partial charge in [-0.3, -0.25) is 4.98 Å². The third kappa shape index (κ3) is 5.56. The largest absolute Gasteiger partial charge is 0.466 e. The van der Waals surface area contributed by atoms with Crippen molar-refractivity contribution in [2.45, 2.75) is 32.8 Å². The van der Waals surface area contributed by atoms with Crippen molar-refractivity contribution in [2.75, 3.05) is 45.0 Å². The zero-order valence-corrected chi connectivity index (χ0v) is 14.9. The Balaban J connectivity index is 1.96. The van der Waals surface area contributed by atoms with E-state index in [0.717, 1.165) is 25.2 Å². The van der Waals surface area contributed by atoms with Gasteiger partial charge in [0, 0.05) is 39.4 Å². The Morgan fingerprint density at radius 2 is 2.00 bits per heavy atom. The number of carbonyl (C=O) groups is 1. The van der Waals surface area contributed by atoms with E-state index < -0.39 is 5.60 Å². The van der Waals surface area contributed by atoms with Crippen molar-refractivity contribution in [2.24, 2.45) is 0 Å². The topological polar surface area (TPSA) is 64.1 Å². The maximum Gasteiger partial charge on any atom is 0.410 e. The van der Waals surface area contributed by atoms with Crippen LogP contribution in [0, 0.1) is 0 Å². The maximum absolute atomic E-state index is 12.2. The number of rotatable bonds is 4. The highest BCUT2D eigenvalue weighted by Crippen LogP contribution is 2.21. The first-order valence-corrected chi connectivity index (χ1v) is 8.19. The Labute approximate surface area is 143 Å². The highest BCUT2D eigenvalue weighted by atomic mass is 16.7. The molecule has 24 heavy (non-hydrogen) atoms. The third-order valence-corrected chi connectivity index (χ3v) is 3.55. The van der Waals surface area contributed by atoms with Gasteiger partial charge in [0.15, 0.2) is 6.79 Å². The predicted octanol–water partition coefficient (Wildman–Crippen LogP) is 2.51. The van der Waals surface area contributed by atoms with E-state index in [0.29, 0.717) is 18.8 Å².